The maximum absolute atomic E-state index is 12.2. The average Bonchev–Trinajstić information content (AvgIpc) is 2.42. The molecule has 1 heterocycles. The first-order chi connectivity index (χ1) is 9.54. The van der Waals surface area contributed by atoms with Gasteiger partial charge in [-0.3, -0.25) is 4.79 Å². The van der Waals surface area contributed by atoms with Crippen molar-refractivity contribution in [2.24, 2.45) is 0 Å². The van der Waals surface area contributed by atoms with Crippen molar-refractivity contribution in [2.75, 3.05) is 11.4 Å². The number of aromatic carboxylic acids is 1. The summed E-state index contributed by atoms with van der Waals surface area (Å²) in [5.74, 6) is -1.05. The van der Waals surface area contributed by atoms with Crippen LogP contribution in [0.5, 0.6) is 0 Å². The lowest BCUT2D eigenvalue weighted by Gasteiger charge is -2.32. The Hall–Kier alpha value is -2.00. The highest BCUT2D eigenvalue weighted by Crippen LogP contribution is 2.39. The minimum Gasteiger partial charge on any atom is -0.478 e. The van der Waals surface area contributed by atoms with Crippen LogP contribution in [0, 0.1) is 11.3 Å². The van der Waals surface area contributed by atoms with Gasteiger partial charge in [0.2, 0.25) is 5.91 Å². The van der Waals surface area contributed by atoms with Gasteiger partial charge in [0.15, 0.2) is 0 Å². The monoisotopic (exact) mass is 290 g/mol. The molecule has 2 rings (SSSR count). The van der Waals surface area contributed by atoms with Crippen LogP contribution < -0.4 is 4.90 Å². The van der Waals surface area contributed by atoms with E-state index in [-0.39, 0.29) is 16.7 Å². The standard InChI is InChI=1S/C14H14N2O3S/c1-9-13(17)16(7-3-2-6-15)11-8-10(14(18)19)4-5-12(11)20-9/h4-5,8-9H,2-3,7H2,1H3,(H,18,19). The van der Waals surface area contributed by atoms with Crippen LogP contribution in [0.25, 0.3) is 0 Å². The van der Waals surface area contributed by atoms with E-state index in [1.807, 2.05) is 13.0 Å². The van der Waals surface area contributed by atoms with E-state index in [1.165, 1.54) is 17.8 Å². The van der Waals surface area contributed by atoms with Gasteiger partial charge < -0.3 is 10.0 Å². The summed E-state index contributed by atoms with van der Waals surface area (Å²) in [5, 5.41) is 17.4. The summed E-state index contributed by atoms with van der Waals surface area (Å²) in [7, 11) is 0. The molecule has 0 saturated carbocycles. The Morgan fingerprint density at radius 2 is 2.30 bits per heavy atom. The number of hydrogen-bond donors (Lipinski definition) is 1. The highest BCUT2D eigenvalue weighted by Gasteiger charge is 2.30. The third-order valence-electron chi connectivity index (χ3n) is 3.08. The molecule has 0 fully saturated rings. The summed E-state index contributed by atoms with van der Waals surface area (Å²) in [5.41, 5.74) is 0.799. The molecule has 5 nitrogen and oxygen atoms in total. The van der Waals surface area contributed by atoms with Crippen molar-refractivity contribution in [3.8, 4) is 6.07 Å². The fourth-order valence-corrected chi connectivity index (χ4v) is 3.13. The number of anilines is 1. The van der Waals surface area contributed by atoms with E-state index >= 15 is 0 Å². The molecule has 1 unspecified atom stereocenters. The topological polar surface area (TPSA) is 81.4 Å². The largest absolute Gasteiger partial charge is 0.478 e. The van der Waals surface area contributed by atoms with Gasteiger partial charge in [0.25, 0.3) is 0 Å². The molecule has 0 aromatic heterocycles. The number of carbonyl (C=O) groups excluding carboxylic acids is 1. The Morgan fingerprint density at radius 3 is 2.95 bits per heavy atom. The number of amides is 1. The second-order valence-corrected chi connectivity index (χ2v) is 5.88. The Morgan fingerprint density at radius 1 is 1.55 bits per heavy atom. The molecule has 0 bridgehead atoms. The highest BCUT2D eigenvalue weighted by atomic mass is 32.2. The summed E-state index contributed by atoms with van der Waals surface area (Å²) in [6.45, 7) is 2.27. The van der Waals surface area contributed by atoms with Crippen molar-refractivity contribution < 1.29 is 14.7 Å². The van der Waals surface area contributed by atoms with Gasteiger partial charge in [-0.2, -0.15) is 5.26 Å². The number of carboxylic acid groups (broad SMARTS) is 1. The number of nitriles is 1. The Kier molecular flexibility index (Phi) is 4.30. The molecule has 0 aliphatic carbocycles. The fraction of sp³-hybridized carbons (Fsp3) is 0.357. The molecule has 6 heteroatoms. The fourth-order valence-electron chi connectivity index (χ4n) is 2.09. The highest BCUT2D eigenvalue weighted by molar-refractivity contribution is 8.00. The zero-order valence-corrected chi connectivity index (χ0v) is 11.8. The van der Waals surface area contributed by atoms with Gasteiger partial charge in [-0.05, 0) is 31.5 Å². The first-order valence-corrected chi connectivity index (χ1v) is 7.15. The van der Waals surface area contributed by atoms with E-state index in [0.717, 1.165) is 4.90 Å². The summed E-state index contributed by atoms with van der Waals surface area (Å²) >= 11 is 1.43. The number of benzene rings is 1. The molecule has 20 heavy (non-hydrogen) atoms. The predicted molar refractivity (Wildman–Crippen MR) is 75.9 cm³/mol. The Labute approximate surface area is 121 Å². The summed E-state index contributed by atoms with van der Waals surface area (Å²) < 4.78 is 0. The van der Waals surface area contributed by atoms with E-state index in [1.54, 1.807) is 17.0 Å². The molecular weight excluding hydrogens is 276 g/mol. The molecule has 1 N–H and O–H groups in total. The minimum atomic E-state index is -1.01. The van der Waals surface area contributed by atoms with E-state index in [9.17, 15) is 9.59 Å². The second kappa shape index (κ2) is 5.97. The van der Waals surface area contributed by atoms with Crippen LogP contribution in [0.4, 0.5) is 5.69 Å². The maximum Gasteiger partial charge on any atom is 0.335 e. The maximum atomic E-state index is 12.2. The van der Waals surface area contributed by atoms with Gasteiger partial charge in [-0.15, -0.1) is 11.8 Å². The van der Waals surface area contributed by atoms with Crippen molar-refractivity contribution in [3.05, 3.63) is 23.8 Å². The van der Waals surface area contributed by atoms with Gasteiger partial charge >= 0.3 is 5.97 Å². The SMILES string of the molecule is CC1Sc2ccc(C(=O)O)cc2N(CCCC#N)C1=O. The number of hydrogen-bond acceptors (Lipinski definition) is 4. The molecule has 1 aromatic rings. The van der Waals surface area contributed by atoms with Crippen LogP contribution in [-0.4, -0.2) is 28.8 Å². The predicted octanol–water partition coefficient (Wildman–Crippen LogP) is 2.52. The van der Waals surface area contributed by atoms with E-state index < -0.39 is 5.97 Å². The van der Waals surface area contributed by atoms with Crippen LogP contribution >= 0.6 is 11.8 Å². The van der Waals surface area contributed by atoms with Crippen molar-refractivity contribution in [3.63, 3.8) is 0 Å². The van der Waals surface area contributed by atoms with Gasteiger partial charge in [0.05, 0.1) is 22.6 Å². The van der Waals surface area contributed by atoms with Gasteiger partial charge in [-0.25, -0.2) is 4.79 Å². The lowest BCUT2D eigenvalue weighted by atomic mass is 10.1. The summed E-state index contributed by atoms with van der Waals surface area (Å²) in [4.78, 5) is 25.8. The second-order valence-electron chi connectivity index (χ2n) is 4.50. The zero-order valence-electron chi connectivity index (χ0n) is 11.0. The smallest absolute Gasteiger partial charge is 0.335 e. The average molecular weight is 290 g/mol. The number of carbonyl (C=O) groups is 2. The number of rotatable bonds is 4. The normalized spacial score (nSPS) is 17.5. The van der Waals surface area contributed by atoms with Crippen LogP contribution in [0.15, 0.2) is 23.1 Å². The molecule has 0 spiro atoms. The van der Waals surface area contributed by atoms with E-state index in [2.05, 4.69) is 0 Å². The van der Waals surface area contributed by atoms with Crippen LogP contribution in [0.1, 0.15) is 30.1 Å². The van der Waals surface area contributed by atoms with Crippen LogP contribution in [0.2, 0.25) is 0 Å². The molecule has 1 aromatic carbocycles. The number of thioether (sulfide) groups is 1. The Bertz CT molecular complexity index is 595. The molecule has 0 saturated heterocycles. The molecule has 1 amide bonds. The van der Waals surface area contributed by atoms with Crippen LogP contribution in [-0.2, 0) is 4.79 Å². The summed E-state index contributed by atoms with van der Waals surface area (Å²) in [6, 6.07) is 6.86. The molecule has 1 aliphatic heterocycles. The van der Waals surface area contributed by atoms with Gasteiger partial charge in [-0.1, -0.05) is 0 Å². The third-order valence-corrected chi connectivity index (χ3v) is 4.24. The third kappa shape index (κ3) is 2.78. The summed E-state index contributed by atoms with van der Waals surface area (Å²) in [6.07, 6.45) is 0.954. The van der Waals surface area contributed by atoms with Crippen LogP contribution in [0.3, 0.4) is 0 Å². The minimum absolute atomic E-state index is 0.0389. The Balaban J connectivity index is 2.36. The first kappa shape index (κ1) is 14.4. The molecule has 1 atom stereocenters. The zero-order chi connectivity index (χ0) is 14.7. The molecular formula is C14H14N2O3S. The number of nitrogens with zero attached hydrogens (tertiary/aromatic N) is 2. The van der Waals surface area contributed by atoms with E-state index in [4.69, 9.17) is 10.4 Å². The molecule has 0 radical (unpaired) electrons. The van der Waals surface area contributed by atoms with Crippen molar-refractivity contribution in [2.45, 2.75) is 29.9 Å². The first-order valence-electron chi connectivity index (χ1n) is 6.27. The lowest BCUT2D eigenvalue weighted by Crippen LogP contribution is -2.40. The van der Waals surface area contributed by atoms with Crippen molar-refractivity contribution in [1.82, 2.24) is 0 Å². The van der Waals surface area contributed by atoms with Gasteiger partial charge in [0, 0.05) is 17.9 Å². The number of fused-ring (bicyclic) bond motifs is 1. The van der Waals surface area contributed by atoms with E-state index in [0.29, 0.717) is 25.1 Å². The molecule has 1 aliphatic rings. The van der Waals surface area contributed by atoms with Gasteiger partial charge in [0.1, 0.15) is 0 Å². The molecule has 104 valence electrons. The quantitative estimate of drug-likeness (QED) is 0.862. The number of unbranched alkanes of at least 4 members (excludes halogenated alkanes) is 1. The van der Waals surface area contributed by atoms with Crippen molar-refractivity contribution in [1.29, 1.82) is 5.26 Å². The van der Waals surface area contributed by atoms with Crippen molar-refractivity contribution >= 4 is 29.3 Å². The number of carboxylic acids is 1. The lowest BCUT2D eigenvalue weighted by molar-refractivity contribution is -0.118.